The number of hydrogen-bond acceptors (Lipinski definition) is 3. The van der Waals surface area contributed by atoms with Crippen molar-refractivity contribution in [3.63, 3.8) is 0 Å². The van der Waals surface area contributed by atoms with Gasteiger partial charge in [0, 0.05) is 23.9 Å². The SMILES string of the molecule is CCCCN(CC(=O)Nc1cc(-c2ccccc2)nn1-c1ccc(C)cc1C)C(=O)Nc1cccc(F)c1. The first-order chi connectivity index (χ1) is 18.3. The fourth-order valence-corrected chi connectivity index (χ4v) is 4.17. The molecule has 0 saturated heterocycles. The number of nitrogens with one attached hydrogen (secondary N) is 2. The largest absolute Gasteiger partial charge is 0.322 e. The molecule has 38 heavy (non-hydrogen) atoms. The minimum Gasteiger partial charge on any atom is -0.315 e. The van der Waals surface area contributed by atoms with E-state index in [0.717, 1.165) is 35.2 Å². The molecule has 0 aliphatic heterocycles. The van der Waals surface area contributed by atoms with Crippen LogP contribution in [0.15, 0.2) is 78.9 Å². The number of urea groups is 1. The smallest absolute Gasteiger partial charge is 0.315 e. The summed E-state index contributed by atoms with van der Waals surface area (Å²) in [7, 11) is 0. The van der Waals surface area contributed by atoms with E-state index >= 15 is 0 Å². The van der Waals surface area contributed by atoms with Crippen molar-refractivity contribution in [2.45, 2.75) is 33.6 Å². The van der Waals surface area contributed by atoms with Gasteiger partial charge in [-0.15, -0.1) is 0 Å². The quantitative estimate of drug-likeness (QED) is 0.266. The monoisotopic (exact) mass is 513 g/mol. The molecule has 0 bridgehead atoms. The van der Waals surface area contributed by atoms with Crippen molar-refractivity contribution in [2.75, 3.05) is 23.7 Å². The third kappa shape index (κ3) is 6.64. The predicted molar refractivity (Wildman–Crippen MR) is 149 cm³/mol. The highest BCUT2D eigenvalue weighted by molar-refractivity contribution is 5.97. The molecular weight excluding hydrogens is 481 g/mol. The van der Waals surface area contributed by atoms with E-state index in [1.165, 1.54) is 23.1 Å². The van der Waals surface area contributed by atoms with Crippen LogP contribution >= 0.6 is 0 Å². The summed E-state index contributed by atoms with van der Waals surface area (Å²) >= 11 is 0. The number of carbonyl (C=O) groups is 2. The highest BCUT2D eigenvalue weighted by atomic mass is 19.1. The van der Waals surface area contributed by atoms with Gasteiger partial charge < -0.3 is 15.5 Å². The van der Waals surface area contributed by atoms with Gasteiger partial charge in [0.2, 0.25) is 5.91 Å². The molecule has 0 spiro atoms. The lowest BCUT2D eigenvalue weighted by molar-refractivity contribution is -0.116. The lowest BCUT2D eigenvalue weighted by Crippen LogP contribution is -2.41. The molecule has 7 nitrogen and oxygen atoms in total. The molecule has 4 rings (SSSR count). The molecule has 1 aromatic heterocycles. The van der Waals surface area contributed by atoms with E-state index in [2.05, 4.69) is 16.7 Å². The molecule has 2 N–H and O–H groups in total. The van der Waals surface area contributed by atoms with Gasteiger partial charge in [0.25, 0.3) is 0 Å². The molecule has 3 aromatic carbocycles. The maximum Gasteiger partial charge on any atom is 0.322 e. The van der Waals surface area contributed by atoms with Gasteiger partial charge in [-0.3, -0.25) is 4.79 Å². The van der Waals surface area contributed by atoms with Crippen LogP contribution in [0.2, 0.25) is 0 Å². The van der Waals surface area contributed by atoms with E-state index in [-0.39, 0.29) is 12.5 Å². The lowest BCUT2D eigenvalue weighted by atomic mass is 10.1. The Morgan fingerprint density at radius 3 is 2.45 bits per heavy atom. The highest BCUT2D eigenvalue weighted by Crippen LogP contribution is 2.26. The molecule has 0 aliphatic rings. The van der Waals surface area contributed by atoms with Crippen LogP contribution in [0.3, 0.4) is 0 Å². The van der Waals surface area contributed by atoms with E-state index in [1.54, 1.807) is 10.7 Å². The standard InChI is InChI=1S/C30H32FN5O2/c1-4-5-16-35(30(38)32-25-13-9-12-24(31)18-25)20-29(37)33-28-19-26(23-10-7-6-8-11-23)34-36(28)27-15-14-21(2)17-22(27)3/h6-15,17-19H,4-5,16,20H2,1-3H3,(H,32,38)(H,33,37). The molecule has 1 heterocycles. The fourth-order valence-electron chi connectivity index (χ4n) is 4.17. The Balaban J connectivity index is 1.58. The average Bonchev–Trinajstić information content (AvgIpc) is 3.30. The number of nitrogens with zero attached hydrogens (tertiary/aromatic N) is 3. The maximum atomic E-state index is 13.6. The number of hydrogen-bond donors (Lipinski definition) is 2. The molecule has 8 heteroatoms. The zero-order valence-electron chi connectivity index (χ0n) is 21.9. The van der Waals surface area contributed by atoms with Crippen LogP contribution in [0, 0.1) is 19.7 Å². The zero-order chi connectivity index (χ0) is 27.1. The topological polar surface area (TPSA) is 79.3 Å². The molecule has 0 fully saturated rings. The van der Waals surface area contributed by atoms with Crippen molar-refractivity contribution in [3.05, 3.63) is 95.8 Å². The van der Waals surface area contributed by atoms with Crippen molar-refractivity contribution in [3.8, 4) is 16.9 Å². The Morgan fingerprint density at radius 1 is 0.947 bits per heavy atom. The average molecular weight is 514 g/mol. The van der Waals surface area contributed by atoms with Gasteiger partial charge in [0.15, 0.2) is 0 Å². The van der Waals surface area contributed by atoms with Crippen LogP contribution in [0.4, 0.5) is 20.7 Å². The summed E-state index contributed by atoms with van der Waals surface area (Å²) in [6.07, 6.45) is 1.58. The highest BCUT2D eigenvalue weighted by Gasteiger charge is 2.20. The number of anilines is 2. The second-order valence-corrected chi connectivity index (χ2v) is 9.25. The molecule has 0 saturated carbocycles. The number of rotatable bonds is 9. The third-order valence-electron chi connectivity index (χ3n) is 6.11. The normalized spacial score (nSPS) is 10.7. The Labute approximate surface area is 222 Å². The van der Waals surface area contributed by atoms with Crippen LogP contribution < -0.4 is 10.6 Å². The van der Waals surface area contributed by atoms with Crippen LogP contribution in [0.5, 0.6) is 0 Å². The summed E-state index contributed by atoms with van der Waals surface area (Å²) in [5.74, 6) is -0.308. The number of benzene rings is 3. The van der Waals surface area contributed by atoms with Crippen LogP contribution in [0.1, 0.15) is 30.9 Å². The van der Waals surface area contributed by atoms with E-state index in [1.807, 2.05) is 69.3 Å². The summed E-state index contributed by atoms with van der Waals surface area (Å²) in [5, 5.41) is 10.4. The molecule has 3 amide bonds. The van der Waals surface area contributed by atoms with Crippen molar-refractivity contribution in [1.29, 1.82) is 0 Å². The van der Waals surface area contributed by atoms with Crippen LogP contribution in [-0.4, -0.2) is 39.7 Å². The van der Waals surface area contributed by atoms with Crippen molar-refractivity contribution in [2.24, 2.45) is 0 Å². The summed E-state index contributed by atoms with van der Waals surface area (Å²) in [6.45, 7) is 6.26. The van der Waals surface area contributed by atoms with Gasteiger partial charge in [0.1, 0.15) is 18.2 Å². The summed E-state index contributed by atoms with van der Waals surface area (Å²) in [6, 6.07) is 22.8. The second-order valence-electron chi connectivity index (χ2n) is 9.25. The van der Waals surface area contributed by atoms with Gasteiger partial charge in [-0.1, -0.05) is 67.4 Å². The maximum absolute atomic E-state index is 13.6. The van der Waals surface area contributed by atoms with Crippen LogP contribution in [0.25, 0.3) is 16.9 Å². The molecule has 0 unspecified atom stereocenters. The number of aromatic nitrogens is 2. The first kappa shape index (κ1) is 26.6. The van der Waals surface area contributed by atoms with Gasteiger partial charge in [-0.25, -0.2) is 13.9 Å². The number of aryl methyl sites for hydroxylation is 2. The molecule has 196 valence electrons. The Morgan fingerprint density at radius 2 is 1.74 bits per heavy atom. The van der Waals surface area contributed by atoms with Gasteiger partial charge in [0.05, 0.1) is 11.4 Å². The number of amides is 3. The molecule has 0 aliphatic carbocycles. The Hall–Kier alpha value is -4.46. The predicted octanol–water partition coefficient (Wildman–Crippen LogP) is 6.57. The molecular formula is C30H32FN5O2. The van der Waals surface area contributed by atoms with Gasteiger partial charge in [-0.05, 0) is 50.1 Å². The summed E-state index contributed by atoms with van der Waals surface area (Å²) in [4.78, 5) is 27.6. The first-order valence-corrected chi connectivity index (χ1v) is 12.7. The van der Waals surface area contributed by atoms with Crippen molar-refractivity contribution in [1.82, 2.24) is 14.7 Å². The molecule has 4 aromatic rings. The van der Waals surface area contributed by atoms with E-state index in [9.17, 15) is 14.0 Å². The number of unbranched alkanes of at least 4 members (excludes halogenated alkanes) is 1. The third-order valence-corrected chi connectivity index (χ3v) is 6.11. The zero-order valence-corrected chi connectivity index (χ0v) is 21.9. The minimum atomic E-state index is -0.466. The van der Waals surface area contributed by atoms with E-state index in [0.29, 0.717) is 23.7 Å². The summed E-state index contributed by atoms with van der Waals surface area (Å²) in [5.41, 5.74) is 4.96. The number of carbonyl (C=O) groups excluding carboxylic acids is 2. The first-order valence-electron chi connectivity index (χ1n) is 12.7. The van der Waals surface area contributed by atoms with E-state index in [4.69, 9.17) is 5.10 Å². The number of halogens is 1. The minimum absolute atomic E-state index is 0.167. The Bertz CT molecular complexity index is 1420. The van der Waals surface area contributed by atoms with Crippen LogP contribution in [-0.2, 0) is 4.79 Å². The van der Waals surface area contributed by atoms with E-state index < -0.39 is 11.8 Å². The summed E-state index contributed by atoms with van der Waals surface area (Å²) < 4.78 is 15.3. The molecule has 0 atom stereocenters. The van der Waals surface area contributed by atoms with Gasteiger partial charge >= 0.3 is 6.03 Å². The lowest BCUT2D eigenvalue weighted by Gasteiger charge is -2.22. The van der Waals surface area contributed by atoms with Crippen molar-refractivity contribution >= 4 is 23.4 Å². The molecule has 0 radical (unpaired) electrons. The Kier molecular flexibility index (Phi) is 8.53. The fraction of sp³-hybridized carbons (Fsp3) is 0.233. The second kappa shape index (κ2) is 12.2. The van der Waals surface area contributed by atoms with Crippen molar-refractivity contribution < 1.29 is 14.0 Å². The van der Waals surface area contributed by atoms with Gasteiger partial charge in [-0.2, -0.15) is 5.10 Å².